The molecule has 114 valence electrons. The van der Waals surface area contributed by atoms with Crippen LogP contribution in [-0.4, -0.2) is 47.3 Å². The Hall–Kier alpha value is -0.120. The lowest BCUT2D eigenvalue weighted by Crippen LogP contribution is -2.48. The lowest BCUT2D eigenvalue weighted by atomic mass is 9.94. The van der Waals surface area contributed by atoms with Crippen molar-refractivity contribution < 1.29 is 5.11 Å². The summed E-state index contributed by atoms with van der Waals surface area (Å²) in [5.41, 5.74) is -0.0989. The molecule has 1 rings (SSSR count). The first kappa shape index (κ1) is 16.9. The van der Waals surface area contributed by atoms with E-state index >= 15 is 0 Å². The van der Waals surface area contributed by atoms with Crippen molar-refractivity contribution in [2.24, 2.45) is 0 Å². The highest BCUT2D eigenvalue weighted by Crippen LogP contribution is 2.23. The van der Waals surface area contributed by atoms with Gasteiger partial charge in [-0.2, -0.15) is 0 Å². The molecule has 3 atom stereocenters. The molecular formula is C16H34N2O. The second kappa shape index (κ2) is 8.23. The minimum atomic E-state index is -0.0989. The fourth-order valence-corrected chi connectivity index (χ4v) is 3.22. The molecule has 1 unspecified atom stereocenters. The van der Waals surface area contributed by atoms with Crippen molar-refractivity contribution in [3.05, 3.63) is 0 Å². The van der Waals surface area contributed by atoms with Gasteiger partial charge in [-0.1, -0.05) is 13.3 Å². The quantitative estimate of drug-likeness (QED) is 0.712. The van der Waals surface area contributed by atoms with E-state index in [1.54, 1.807) is 0 Å². The van der Waals surface area contributed by atoms with Crippen molar-refractivity contribution in [1.29, 1.82) is 0 Å². The van der Waals surface area contributed by atoms with Crippen LogP contribution in [-0.2, 0) is 0 Å². The normalized spacial score (nSPS) is 28.3. The zero-order valence-corrected chi connectivity index (χ0v) is 13.4. The van der Waals surface area contributed by atoms with Gasteiger partial charge in [0.25, 0.3) is 0 Å². The lowest BCUT2D eigenvalue weighted by molar-refractivity contribution is 0.0927. The van der Waals surface area contributed by atoms with E-state index < -0.39 is 0 Å². The molecular weight excluding hydrogens is 236 g/mol. The zero-order chi connectivity index (χ0) is 14.3. The van der Waals surface area contributed by atoms with Crippen molar-refractivity contribution in [3.63, 3.8) is 0 Å². The van der Waals surface area contributed by atoms with E-state index in [1.807, 2.05) is 0 Å². The molecule has 1 saturated heterocycles. The smallest absolute Gasteiger partial charge is 0.0610 e. The van der Waals surface area contributed by atoms with E-state index in [1.165, 1.54) is 32.2 Å². The van der Waals surface area contributed by atoms with Crippen LogP contribution in [0.25, 0.3) is 0 Å². The molecule has 0 aromatic carbocycles. The first-order valence-electron chi connectivity index (χ1n) is 8.14. The summed E-state index contributed by atoms with van der Waals surface area (Å²) in [6, 6.07) is 1.46. The van der Waals surface area contributed by atoms with Crippen molar-refractivity contribution in [3.8, 4) is 0 Å². The Morgan fingerprint density at radius 3 is 2.42 bits per heavy atom. The van der Waals surface area contributed by atoms with Crippen LogP contribution in [0.3, 0.4) is 0 Å². The monoisotopic (exact) mass is 270 g/mol. The Bertz CT molecular complexity index is 237. The van der Waals surface area contributed by atoms with Gasteiger partial charge >= 0.3 is 0 Å². The molecule has 0 saturated carbocycles. The number of aliphatic hydroxyl groups is 1. The summed E-state index contributed by atoms with van der Waals surface area (Å²) in [6.07, 6.45) is 7.41. The first-order valence-corrected chi connectivity index (χ1v) is 8.14. The number of likely N-dealkylation sites (tertiary alicyclic amines) is 1. The number of rotatable bonds is 8. The van der Waals surface area contributed by atoms with Gasteiger partial charge < -0.3 is 10.4 Å². The molecule has 0 amide bonds. The molecule has 1 fully saturated rings. The van der Waals surface area contributed by atoms with Crippen LogP contribution in [0.5, 0.6) is 0 Å². The summed E-state index contributed by atoms with van der Waals surface area (Å²) in [4.78, 5) is 2.65. The van der Waals surface area contributed by atoms with Crippen molar-refractivity contribution in [1.82, 2.24) is 10.2 Å². The molecule has 0 radical (unpaired) electrons. The molecule has 0 aliphatic carbocycles. The number of piperidine rings is 1. The van der Waals surface area contributed by atoms with E-state index in [0.717, 1.165) is 31.5 Å². The summed E-state index contributed by atoms with van der Waals surface area (Å²) in [7, 11) is 0. The molecule has 0 bridgehead atoms. The summed E-state index contributed by atoms with van der Waals surface area (Å²) < 4.78 is 0. The largest absolute Gasteiger partial charge is 0.394 e. The Morgan fingerprint density at radius 1 is 1.26 bits per heavy atom. The van der Waals surface area contributed by atoms with Gasteiger partial charge in [0.15, 0.2) is 0 Å². The maximum absolute atomic E-state index is 9.58. The molecule has 3 nitrogen and oxygen atoms in total. The van der Waals surface area contributed by atoms with Gasteiger partial charge in [-0.05, 0) is 66.0 Å². The van der Waals surface area contributed by atoms with Gasteiger partial charge in [0.1, 0.15) is 0 Å². The maximum atomic E-state index is 9.58. The highest BCUT2D eigenvalue weighted by molar-refractivity contribution is 4.84. The standard InChI is InChI=1S/C16H34N2O/c1-5-11-17-16(4,13-19)10-7-12-18-14(2)8-6-9-15(18)3/h14-15,17,19H,5-13H2,1-4H3/t14-,15+,16?. The van der Waals surface area contributed by atoms with E-state index in [9.17, 15) is 5.11 Å². The van der Waals surface area contributed by atoms with E-state index in [0.29, 0.717) is 0 Å². The fraction of sp³-hybridized carbons (Fsp3) is 1.00. The highest BCUT2D eigenvalue weighted by Gasteiger charge is 2.26. The average Bonchev–Trinajstić information content (AvgIpc) is 2.40. The third-order valence-corrected chi connectivity index (χ3v) is 4.67. The molecule has 3 heteroatoms. The molecule has 1 aliphatic heterocycles. The van der Waals surface area contributed by atoms with Gasteiger partial charge in [-0.15, -0.1) is 0 Å². The average molecular weight is 270 g/mol. The minimum absolute atomic E-state index is 0.0989. The topological polar surface area (TPSA) is 35.5 Å². The number of hydrogen-bond acceptors (Lipinski definition) is 3. The molecule has 19 heavy (non-hydrogen) atoms. The van der Waals surface area contributed by atoms with Crippen molar-refractivity contribution >= 4 is 0 Å². The molecule has 1 aliphatic rings. The van der Waals surface area contributed by atoms with Gasteiger partial charge in [0.2, 0.25) is 0 Å². The fourth-order valence-electron chi connectivity index (χ4n) is 3.22. The van der Waals surface area contributed by atoms with E-state index in [2.05, 4.69) is 37.9 Å². The van der Waals surface area contributed by atoms with Crippen LogP contribution in [0.15, 0.2) is 0 Å². The summed E-state index contributed by atoms with van der Waals surface area (Å²) >= 11 is 0. The van der Waals surface area contributed by atoms with Crippen LogP contribution in [0.2, 0.25) is 0 Å². The third-order valence-electron chi connectivity index (χ3n) is 4.67. The van der Waals surface area contributed by atoms with Crippen LogP contribution in [0, 0.1) is 0 Å². The summed E-state index contributed by atoms with van der Waals surface area (Å²) in [6.45, 7) is 11.4. The number of nitrogens with one attached hydrogen (secondary N) is 1. The van der Waals surface area contributed by atoms with Crippen molar-refractivity contribution in [2.75, 3.05) is 19.7 Å². The minimum Gasteiger partial charge on any atom is -0.394 e. The van der Waals surface area contributed by atoms with Crippen LogP contribution in [0.4, 0.5) is 0 Å². The summed E-state index contributed by atoms with van der Waals surface area (Å²) in [5, 5.41) is 13.1. The second-order valence-electron chi connectivity index (χ2n) is 6.62. The molecule has 0 aromatic rings. The molecule has 1 heterocycles. The number of aliphatic hydroxyl groups excluding tert-OH is 1. The lowest BCUT2D eigenvalue weighted by Gasteiger charge is -2.40. The molecule has 0 aromatic heterocycles. The van der Waals surface area contributed by atoms with Crippen LogP contribution < -0.4 is 5.32 Å². The second-order valence-corrected chi connectivity index (χ2v) is 6.62. The summed E-state index contributed by atoms with van der Waals surface area (Å²) in [5.74, 6) is 0. The third kappa shape index (κ3) is 5.41. The molecule has 2 N–H and O–H groups in total. The maximum Gasteiger partial charge on any atom is 0.0610 e. The predicted molar refractivity (Wildman–Crippen MR) is 82.5 cm³/mol. The van der Waals surface area contributed by atoms with Crippen molar-refractivity contribution in [2.45, 2.75) is 83.8 Å². The van der Waals surface area contributed by atoms with Crippen LogP contribution >= 0.6 is 0 Å². The van der Waals surface area contributed by atoms with E-state index in [4.69, 9.17) is 0 Å². The first-order chi connectivity index (χ1) is 9.02. The highest BCUT2D eigenvalue weighted by atomic mass is 16.3. The van der Waals surface area contributed by atoms with Crippen LogP contribution in [0.1, 0.15) is 66.2 Å². The Balaban J connectivity index is 2.34. The van der Waals surface area contributed by atoms with Gasteiger partial charge in [-0.25, -0.2) is 0 Å². The Morgan fingerprint density at radius 2 is 1.89 bits per heavy atom. The SMILES string of the molecule is CCCNC(C)(CO)CCCN1[C@H](C)CCC[C@@H]1C. The Labute approximate surface area is 119 Å². The van der Waals surface area contributed by atoms with Gasteiger partial charge in [-0.3, -0.25) is 4.90 Å². The van der Waals surface area contributed by atoms with Gasteiger partial charge in [0.05, 0.1) is 6.61 Å². The Kier molecular flexibility index (Phi) is 7.33. The van der Waals surface area contributed by atoms with Gasteiger partial charge in [0, 0.05) is 17.6 Å². The zero-order valence-electron chi connectivity index (χ0n) is 13.4. The predicted octanol–water partition coefficient (Wildman–Crippen LogP) is 2.78. The number of hydrogen-bond donors (Lipinski definition) is 2. The number of nitrogens with zero attached hydrogens (tertiary/aromatic N) is 1. The van der Waals surface area contributed by atoms with E-state index in [-0.39, 0.29) is 12.1 Å². The molecule has 0 spiro atoms.